The molecule has 3 aromatic carbocycles. The Kier molecular flexibility index (Phi) is 11.8. The normalized spacial score (nSPS) is 13.3. The fourth-order valence-corrected chi connectivity index (χ4v) is 5.68. The molecule has 1 heterocycles. The molecule has 0 saturated carbocycles. The Labute approximate surface area is 286 Å². The molecule has 4 rings (SSSR count). The molecule has 0 aliphatic rings. The fraction of sp³-hybridized carbons (Fsp3) is 0.421. The molecule has 10 heteroatoms. The van der Waals surface area contributed by atoms with E-state index in [4.69, 9.17) is 18.6 Å². The number of carbonyl (C=O) groups excluding carboxylic acids is 2. The van der Waals surface area contributed by atoms with Gasteiger partial charge in [0, 0.05) is 23.1 Å². The molecule has 258 valence electrons. The molecule has 0 bridgehead atoms. The lowest BCUT2D eigenvalue weighted by molar-refractivity contribution is -0.146. The molecule has 0 spiro atoms. The Hall–Kier alpha value is -4.15. The Bertz CT molecular complexity index is 1760. The highest BCUT2D eigenvalue weighted by Crippen LogP contribution is 2.35. The molecule has 2 unspecified atom stereocenters. The third-order valence-electron chi connectivity index (χ3n) is 7.10. The van der Waals surface area contributed by atoms with Crippen LogP contribution in [0.15, 0.2) is 71.1 Å². The van der Waals surface area contributed by atoms with Crippen molar-refractivity contribution in [2.24, 2.45) is 0 Å². The average molecular weight is 677 g/mol. The minimum atomic E-state index is -1.29. The smallest absolute Gasteiger partial charge is 0.407 e. The van der Waals surface area contributed by atoms with Crippen LogP contribution >= 0.6 is 0 Å². The predicted molar refractivity (Wildman–Crippen MR) is 190 cm³/mol. The first-order valence-corrected chi connectivity index (χ1v) is 17.3. The Morgan fingerprint density at radius 3 is 2.31 bits per heavy atom. The molecule has 2 atom stereocenters. The van der Waals surface area contributed by atoms with E-state index in [9.17, 15) is 13.8 Å². The van der Waals surface area contributed by atoms with Gasteiger partial charge in [0.25, 0.3) is 0 Å². The van der Waals surface area contributed by atoms with Crippen LogP contribution in [0.3, 0.4) is 0 Å². The van der Waals surface area contributed by atoms with E-state index >= 15 is 0 Å². The third-order valence-corrected chi connectivity index (χ3v) is 8.78. The van der Waals surface area contributed by atoms with Crippen LogP contribution < -0.4 is 14.8 Å². The van der Waals surface area contributed by atoms with E-state index < -0.39 is 27.4 Å². The zero-order valence-electron chi connectivity index (χ0n) is 29.4. The van der Waals surface area contributed by atoms with Gasteiger partial charge in [-0.2, -0.15) is 0 Å². The second-order valence-electron chi connectivity index (χ2n) is 14.1. The highest BCUT2D eigenvalue weighted by molar-refractivity contribution is 7.84. The van der Waals surface area contributed by atoms with Gasteiger partial charge in [0.15, 0.2) is 0 Å². The number of hydrogen-bond donors (Lipinski definition) is 2. The molecule has 0 aliphatic heterocycles. The van der Waals surface area contributed by atoms with Crippen LogP contribution in [-0.2, 0) is 44.8 Å². The van der Waals surface area contributed by atoms with Crippen molar-refractivity contribution in [3.05, 3.63) is 89.2 Å². The lowest BCUT2D eigenvalue weighted by Gasteiger charge is -2.20. The van der Waals surface area contributed by atoms with Gasteiger partial charge in [0.2, 0.25) is 0 Å². The van der Waals surface area contributed by atoms with E-state index in [0.29, 0.717) is 17.1 Å². The van der Waals surface area contributed by atoms with E-state index in [-0.39, 0.29) is 37.7 Å². The number of para-hydroxylation sites is 1. The predicted octanol–water partition coefficient (Wildman–Crippen LogP) is 8.31. The summed E-state index contributed by atoms with van der Waals surface area (Å²) in [5, 5.41) is 3.69. The summed E-state index contributed by atoms with van der Waals surface area (Å²) in [6, 6.07) is 21.0. The molecule has 0 radical (unpaired) electrons. The van der Waals surface area contributed by atoms with Crippen molar-refractivity contribution >= 4 is 34.0 Å². The van der Waals surface area contributed by atoms with E-state index in [0.717, 1.165) is 33.2 Å². The molecule has 1 aromatic heterocycles. The van der Waals surface area contributed by atoms with Crippen LogP contribution in [0.25, 0.3) is 22.1 Å². The van der Waals surface area contributed by atoms with Gasteiger partial charge in [-0.15, -0.1) is 0 Å². The number of benzene rings is 3. The maximum absolute atomic E-state index is 12.9. The van der Waals surface area contributed by atoms with E-state index in [1.807, 2.05) is 129 Å². The van der Waals surface area contributed by atoms with Gasteiger partial charge in [-0.05, 0) is 109 Å². The van der Waals surface area contributed by atoms with Crippen LogP contribution in [0.2, 0.25) is 0 Å². The highest BCUT2D eigenvalue weighted by atomic mass is 32.2. The monoisotopic (exact) mass is 676 g/mol. The van der Waals surface area contributed by atoms with Gasteiger partial charge in [-0.1, -0.05) is 36.4 Å². The summed E-state index contributed by atoms with van der Waals surface area (Å²) in [4.78, 5) is 24.7. The molecule has 0 saturated heterocycles. The topological polar surface area (TPSA) is 116 Å². The zero-order chi connectivity index (χ0) is 35.2. The summed E-state index contributed by atoms with van der Waals surface area (Å²) in [5.74, 6) is 0.941. The van der Waals surface area contributed by atoms with E-state index in [1.165, 1.54) is 0 Å². The summed E-state index contributed by atoms with van der Waals surface area (Å²) in [7, 11) is -1.29. The van der Waals surface area contributed by atoms with Crippen molar-refractivity contribution < 1.29 is 32.4 Å². The third kappa shape index (κ3) is 10.4. The molecule has 9 nitrogen and oxygen atoms in total. The minimum absolute atomic E-state index is 0.106. The van der Waals surface area contributed by atoms with Crippen molar-refractivity contribution in [3.8, 4) is 16.9 Å². The van der Waals surface area contributed by atoms with Crippen LogP contribution in [0.4, 0.5) is 4.79 Å². The van der Waals surface area contributed by atoms with Crippen LogP contribution in [-0.4, -0.2) is 32.7 Å². The number of furan rings is 1. The standard InChI is InChI=1S/C38H48N2O7S/c1-24(2)45-34(41)21-29-14-10-11-16-32(29)44-23-27-18-30-20-33(25(3)40-48(43)38(7,8)9)46-35(30)31(19-27)28-15-12-13-26(17-28)22-39-36(42)47-37(4,5)6/h10-20,24-25,40H,21-23H2,1-9H3,(H,39,42). The summed E-state index contributed by atoms with van der Waals surface area (Å²) in [5.41, 5.74) is 4.33. The Morgan fingerprint density at radius 1 is 0.896 bits per heavy atom. The van der Waals surface area contributed by atoms with Crippen molar-refractivity contribution in [2.45, 2.75) is 104 Å². The molecular weight excluding hydrogens is 628 g/mol. The van der Waals surface area contributed by atoms with Gasteiger partial charge in [0.1, 0.15) is 29.3 Å². The number of ether oxygens (including phenoxy) is 3. The quantitative estimate of drug-likeness (QED) is 0.145. The highest BCUT2D eigenvalue weighted by Gasteiger charge is 2.24. The van der Waals surface area contributed by atoms with Crippen LogP contribution in [0.5, 0.6) is 5.75 Å². The first-order valence-electron chi connectivity index (χ1n) is 16.2. The largest absolute Gasteiger partial charge is 0.489 e. The number of fused-ring (bicyclic) bond motifs is 1. The first-order chi connectivity index (χ1) is 22.5. The summed E-state index contributed by atoms with van der Waals surface area (Å²) in [6.45, 7) is 17.3. The molecule has 1 amide bonds. The van der Waals surface area contributed by atoms with Gasteiger partial charge < -0.3 is 23.9 Å². The fourth-order valence-electron chi connectivity index (χ4n) is 4.89. The molecule has 0 fully saturated rings. The number of esters is 1. The lowest BCUT2D eigenvalue weighted by atomic mass is 9.98. The lowest BCUT2D eigenvalue weighted by Crippen LogP contribution is -2.34. The number of rotatable bonds is 12. The number of hydrogen-bond acceptors (Lipinski definition) is 7. The van der Waals surface area contributed by atoms with Gasteiger partial charge in [0.05, 0.1) is 34.3 Å². The number of nitrogens with one attached hydrogen (secondary N) is 2. The number of alkyl carbamates (subject to hydrolysis) is 1. The van der Waals surface area contributed by atoms with Gasteiger partial charge in [-0.25, -0.2) is 13.7 Å². The molecule has 0 aliphatic carbocycles. The van der Waals surface area contributed by atoms with Crippen molar-refractivity contribution in [1.29, 1.82) is 0 Å². The van der Waals surface area contributed by atoms with Crippen molar-refractivity contribution in [1.82, 2.24) is 10.0 Å². The molecule has 4 aromatic rings. The zero-order valence-corrected chi connectivity index (χ0v) is 30.2. The first kappa shape index (κ1) is 36.7. The van der Waals surface area contributed by atoms with Crippen molar-refractivity contribution in [2.75, 3.05) is 0 Å². The van der Waals surface area contributed by atoms with Gasteiger partial charge >= 0.3 is 12.1 Å². The number of carbonyl (C=O) groups is 2. The van der Waals surface area contributed by atoms with E-state index in [2.05, 4.69) is 10.0 Å². The minimum Gasteiger partial charge on any atom is -0.489 e. The summed E-state index contributed by atoms with van der Waals surface area (Å²) >= 11 is 0. The Balaban J connectivity index is 1.67. The summed E-state index contributed by atoms with van der Waals surface area (Å²) in [6.07, 6.45) is -0.583. The second kappa shape index (κ2) is 15.4. The van der Waals surface area contributed by atoms with Crippen LogP contribution in [0.1, 0.15) is 90.8 Å². The second-order valence-corrected chi connectivity index (χ2v) is 16.1. The molecule has 48 heavy (non-hydrogen) atoms. The maximum Gasteiger partial charge on any atom is 0.407 e. The van der Waals surface area contributed by atoms with Crippen molar-refractivity contribution in [3.63, 3.8) is 0 Å². The SMILES string of the molecule is CC(C)OC(=O)Cc1ccccc1OCc1cc(-c2cccc(CNC(=O)OC(C)(C)C)c2)c2oc(C(C)NS(=O)C(C)(C)C)cc2c1. The Morgan fingerprint density at radius 2 is 1.62 bits per heavy atom. The maximum atomic E-state index is 12.9. The number of amides is 1. The average Bonchev–Trinajstić information content (AvgIpc) is 3.42. The van der Waals surface area contributed by atoms with Crippen LogP contribution in [0, 0.1) is 0 Å². The van der Waals surface area contributed by atoms with Gasteiger partial charge in [-0.3, -0.25) is 4.79 Å². The molecular formula is C38H48N2O7S. The van der Waals surface area contributed by atoms with E-state index in [1.54, 1.807) is 0 Å². The molecule has 2 N–H and O–H groups in total. The summed E-state index contributed by atoms with van der Waals surface area (Å²) < 4.78 is 39.1.